The average Bonchev–Trinajstić information content (AvgIpc) is 2.21. The number of hydrogen-bond acceptors (Lipinski definition) is 2. The standard InChI is InChI=1S/C13H17BrO2/c1-10-8-13(15,6-7-16-10)9-11-4-2-3-5-12(11)14/h2-5,10,15H,6-9H2,1H3. The summed E-state index contributed by atoms with van der Waals surface area (Å²) in [4.78, 5) is 0. The molecule has 0 bridgehead atoms. The van der Waals surface area contributed by atoms with Crippen molar-refractivity contribution in [3.8, 4) is 0 Å². The molecule has 0 aromatic heterocycles. The van der Waals surface area contributed by atoms with E-state index < -0.39 is 5.60 Å². The zero-order chi connectivity index (χ0) is 11.6. The molecule has 1 N–H and O–H groups in total. The molecule has 3 heteroatoms. The molecule has 1 aliphatic heterocycles. The Balaban J connectivity index is 2.11. The van der Waals surface area contributed by atoms with Crippen molar-refractivity contribution in [2.45, 2.75) is 37.9 Å². The second-order valence-corrected chi connectivity index (χ2v) is 5.48. The van der Waals surface area contributed by atoms with Gasteiger partial charge < -0.3 is 9.84 Å². The zero-order valence-corrected chi connectivity index (χ0v) is 11.0. The van der Waals surface area contributed by atoms with Crippen LogP contribution >= 0.6 is 15.9 Å². The Labute approximate surface area is 105 Å². The lowest BCUT2D eigenvalue weighted by Crippen LogP contribution is -2.41. The molecule has 1 aliphatic rings. The molecular formula is C13H17BrO2. The van der Waals surface area contributed by atoms with E-state index in [2.05, 4.69) is 22.0 Å². The Morgan fingerprint density at radius 3 is 2.94 bits per heavy atom. The second kappa shape index (κ2) is 4.86. The van der Waals surface area contributed by atoms with Crippen molar-refractivity contribution >= 4 is 15.9 Å². The number of rotatable bonds is 2. The molecule has 16 heavy (non-hydrogen) atoms. The molecular weight excluding hydrogens is 268 g/mol. The number of ether oxygens (including phenoxy) is 1. The summed E-state index contributed by atoms with van der Waals surface area (Å²) >= 11 is 3.52. The van der Waals surface area contributed by atoms with Gasteiger partial charge in [-0.3, -0.25) is 0 Å². The predicted octanol–water partition coefficient (Wildman–Crippen LogP) is 2.92. The van der Waals surface area contributed by atoms with Crippen LogP contribution in [0, 0.1) is 0 Å². The molecule has 0 radical (unpaired) electrons. The van der Waals surface area contributed by atoms with Crippen molar-refractivity contribution in [1.29, 1.82) is 0 Å². The molecule has 1 aromatic carbocycles. The highest BCUT2D eigenvalue weighted by atomic mass is 79.9. The Morgan fingerprint density at radius 1 is 1.50 bits per heavy atom. The summed E-state index contributed by atoms with van der Waals surface area (Å²) in [6.45, 7) is 2.67. The van der Waals surface area contributed by atoms with Crippen LogP contribution in [0.4, 0.5) is 0 Å². The average molecular weight is 285 g/mol. The van der Waals surface area contributed by atoms with Crippen molar-refractivity contribution in [2.24, 2.45) is 0 Å². The lowest BCUT2D eigenvalue weighted by Gasteiger charge is -2.36. The Kier molecular flexibility index (Phi) is 3.67. The number of halogens is 1. The minimum Gasteiger partial charge on any atom is -0.389 e. The van der Waals surface area contributed by atoms with E-state index in [4.69, 9.17) is 4.74 Å². The highest BCUT2D eigenvalue weighted by molar-refractivity contribution is 9.10. The van der Waals surface area contributed by atoms with Crippen LogP contribution in [0.15, 0.2) is 28.7 Å². The molecule has 88 valence electrons. The molecule has 0 aliphatic carbocycles. The van der Waals surface area contributed by atoms with Gasteiger partial charge in [-0.25, -0.2) is 0 Å². The number of aliphatic hydroxyl groups is 1. The monoisotopic (exact) mass is 284 g/mol. The normalized spacial score (nSPS) is 30.3. The first-order valence-electron chi connectivity index (χ1n) is 5.66. The van der Waals surface area contributed by atoms with E-state index in [1.807, 2.05) is 25.1 Å². The van der Waals surface area contributed by atoms with Crippen LogP contribution < -0.4 is 0 Å². The predicted molar refractivity (Wildman–Crippen MR) is 67.4 cm³/mol. The first kappa shape index (κ1) is 12.1. The van der Waals surface area contributed by atoms with Gasteiger partial charge in [0, 0.05) is 23.9 Å². The molecule has 0 saturated carbocycles. The maximum absolute atomic E-state index is 10.5. The third-order valence-electron chi connectivity index (χ3n) is 3.11. The van der Waals surface area contributed by atoms with Crippen molar-refractivity contribution < 1.29 is 9.84 Å². The quantitative estimate of drug-likeness (QED) is 0.905. The maximum atomic E-state index is 10.5. The fourth-order valence-electron chi connectivity index (χ4n) is 2.30. The number of hydrogen-bond donors (Lipinski definition) is 1. The van der Waals surface area contributed by atoms with Gasteiger partial charge in [-0.2, -0.15) is 0 Å². The van der Waals surface area contributed by atoms with Crippen LogP contribution in [0.1, 0.15) is 25.3 Å². The van der Waals surface area contributed by atoms with Gasteiger partial charge in [-0.05, 0) is 25.0 Å². The van der Waals surface area contributed by atoms with E-state index in [1.165, 1.54) is 5.56 Å². The molecule has 2 unspecified atom stereocenters. The summed E-state index contributed by atoms with van der Waals surface area (Å²) in [5.41, 5.74) is 0.556. The van der Waals surface area contributed by atoms with Gasteiger partial charge in [0.15, 0.2) is 0 Å². The third-order valence-corrected chi connectivity index (χ3v) is 3.89. The third kappa shape index (κ3) is 2.84. The minimum absolute atomic E-state index is 0.154. The minimum atomic E-state index is -0.610. The molecule has 2 nitrogen and oxygen atoms in total. The van der Waals surface area contributed by atoms with Crippen LogP contribution in [0.25, 0.3) is 0 Å². The molecule has 2 rings (SSSR count). The summed E-state index contributed by atoms with van der Waals surface area (Å²) in [7, 11) is 0. The highest BCUT2D eigenvalue weighted by Crippen LogP contribution is 2.30. The lowest BCUT2D eigenvalue weighted by molar-refractivity contribution is -0.0961. The van der Waals surface area contributed by atoms with Crippen molar-refractivity contribution in [3.63, 3.8) is 0 Å². The van der Waals surface area contributed by atoms with Crippen molar-refractivity contribution in [2.75, 3.05) is 6.61 Å². The first-order valence-corrected chi connectivity index (χ1v) is 6.46. The molecule has 1 saturated heterocycles. The SMILES string of the molecule is CC1CC(O)(Cc2ccccc2Br)CCO1. The molecule has 0 amide bonds. The van der Waals surface area contributed by atoms with E-state index in [0.717, 1.165) is 10.9 Å². The summed E-state index contributed by atoms with van der Waals surface area (Å²) in [5, 5.41) is 10.5. The smallest absolute Gasteiger partial charge is 0.0734 e. The van der Waals surface area contributed by atoms with Gasteiger partial charge in [0.25, 0.3) is 0 Å². The van der Waals surface area contributed by atoms with Gasteiger partial charge in [-0.1, -0.05) is 34.1 Å². The maximum Gasteiger partial charge on any atom is 0.0734 e. The zero-order valence-electron chi connectivity index (χ0n) is 9.45. The highest BCUT2D eigenvalue weighted by Gasteiger charge is 2.33. The Morgan fingerprint density at radius 2 is 2.25 bits per heavy atom. The summed E-state index contributed by atoms with van der Waals surface area (Å²) in [5.74, 6) is 0. The topological polar surface area (TPSA) is 29.5 Å². The van der Waals surface area contributed by atoms with Crippen molar-refractivity contribution in [3.05, 3.63) is 34.3 Å². The number of benzene rings is 1. The van der Waals surface area contributed by atoms with Gasteiger partial charge in [0.2, 0.25) is 0 Å². The van der Waals surface area contributed by atoms with E-state index in [0.29, 0.717) is 19.4 Å². The second-order valence-electron chi connectivity index (χ2n) is 4.63. The van der Waals surface area contributed by atoms with Gasteiger partial charge >= 0.3 is 0 Å². The summed E-state index contributed by atoms with van der Waals surface area (Å²) in [6.07, 6.45) is 2.29. The fourth-order valence-corrected chi connectivity index (χ4v) is 2.73. The van der Waals surface area contributed by atoms with Crippen LogP contribution in [0.5, 0.6) is 0 Å². The molecule has 2 atom stereocenters. The largest absolute Gasteiger partial charge is 0.389 e. The van der Waals surface area contributed by atoms with Crippen LogP contribution in [0.2, 0.25) is 0 Å². The van der Waals surface area contributed by atoms with E-state index >= 15 is 0 Å². The van der Waals surface area contributed by atoms with Crippen LogP contribution in [-0.4, -0.2) is 23.4 Å². The van der Waals surface area contributed by atoms with Gasteiger partial charge in [0.1, 0.15) is 0 Å². The molecule has 0 spiro atoms. The van der Waals surface area contributed by atoms with Crippen LogP contribution in [-0.2, 0) is 11.2 Å². The van der Waals surface area contributed by atoms with E-state index in [9.17, 15) is 5.11 Å². The van der Waals surface area contributed by atoms with Gasteiger partial charge in [-0.15, -0.1) is 0 Å². The summed E-state index contributed by atoms with van der Waals surface area (Å²) < 4.78 is 6.54. The lowest BCUT2D eigenvalue weighted by atomic mass is 9.85. The van der Waals surface area contributed by atoms with E-state index in [-0.39, 0.29) is 6.10 Å². The molecule has 1 fully saturated rings. The Hall–Kier alpha value is -0.380. The van der Waals surface area contributed by atoms with Gasteiger partial charge in [0.05, 0.1) is 11.7 Å². The van der Waals surface area contributed by atoms with E-state index in [1.54, 1.807) is 0 Å². The molecule has 1 aromatic rings. The Bertz CT molecular complexity index is 367. The fraction of sp³-hybridized carbons (Fsp3) is 0.538. The van der Waals surface area contributed by atoms with Crippen molar-refractivity contribution in [1.82, 2.24) is 0 Å². The first-order chi connectivity index (χ1) is 7.59. The molecule has 1 heterocycles. The summed E-state index contributed by atoms with van der Waals surface area (Å²) in [6, 6.07) is 8.07. The van der Waals surface area contributed by atoms with Crippen LogP contribution in [0.3, 0.4) is 0 Å².